The molecule has 1 heterocycles. The van der Waals surface area contributed by atoms with E-state index in [-0.39, 0.29) is 18.3 Å². The number of benzene rings is 3. The van der Waals surface area contributed by atoms with Crippen LogP contribution in [0.4, 0.5) is 0 Å². The number of hydrogen-bond donors (Lipinski definition) is 2. The molecule has 0 fully saturated rings. The van der Waals surface area contributed by atoms with E-state index in [1.807, 2.05) is 72.9 Å². The maximum atomic E-state index is 12.8. The molecule has 30 heavy (non-hydrogen) atoms. The van der Waals surface area contributed by atoms with E-state index < -0.39 is 11.9 Å². The minimum atomic E-state index is -0.896. The molecule has 3 aromatic carbocycles. The summed E-state index contributed by atoms with van der Waals surface area (Å²) in [7, 11) is 1.37. The molecule has 0 bridgehead atoms. The maximum Gasteiger partial charge on any atom is 0.313 e. The van der Waals surface area contributed by atoms with E-state index in [2.05, 4.69) is 4.98 Å². The van der Waals surface area contributed by atoms with Crippen molar-refractivity contribution in [2.45, 2.75) is 24.7 Å². The van der Waals surface area contributed by atoms with Gasteiger partial charge in [-0.2, -0.15) is 0 Å². The molecule has 0 saturated heterocycles. The molecule has 152 valence electrons. The number of esters is 1. The molecule has 5 nitrogen and oxygen atoms in total. The summed E-state index contributed by atoms with van der Waals surface area (Å²) in [6, 6.07) is 21.5. The van der Waals surface area contributed by atoms with Crippen LogP contribution >= 0.6 is 0 Å². The highest BCUT2D eigenvalue weighted by atomic mass is 16.5. The number of methoxy groups -OCH3 is 1. The number of carboxylic acids is 1. The van der Waals surface area contributed by atoms with Gasteiger partial charge in [-0.3, -0.25) is 9.59 Å². The second-order valence-electron chi connectivity index (χ2n) is 7.46. The standard InChI is InChI=1S/C25H23NO4/c1-30-25(29)21(19-11-6-8-16-7-2-3-9-18(16)19)13-17(14-24(27)28)22-15-26-23-12-5-4-10-20(22)23/h2-12,15,17,21,26H,13-14H2,1H3,(H,27,28). The lowest BCUT2D eigenvalue weighted by Gasteiger charge is -2.22. The molecule has 5 heteroatoms. The summed E-state index contributed by atoms with van der Waals surface area (Å²) in [6.45, 7) is 0. The van der Waals surface area contributed by atoms with Crippen molar-refractivity contribution in [2.24, 2.45) is 0 Å². The van der Waals surface area contributed by atoms with E-state index in [4.69, 9.17) is 4.74 Å². The summed E-state index contributed by atoms with van der Waals surface area (Å²) >= 11 is 0. The Morgan fingerprint density at radius 3 is 2.40 bits per heavy atom. The molecule has 2 atom stereocenters. The van der Waals surface area contributed by atoms with Crippen LogP contribution in [0, 0.1) is 0 Å². The maximum absolute atomic E-state index is 12.8. The summed E-state index contributed by atoms with van der Waals surface area (Å²) in [5.74, 6) is -2.17. The molecule has 4 rings (SSSR count). The van der Waals surface area contributed by atoms with Crippen LogP contribution in [0.25, 0.3) is 21.7 Å². The molecule has 0 aliphatic heterocycles. The highest BCUT2D eigenvalue weighted by molar-refractivity contribution is 5.91. The Morgan fingerprint density at radius 2 is 1.63 bits per heavy atom. The molecular weight excluding hydrogens is 378 g/mol. The molecule has 0 amide bonds. The van der Waals surface area contributed by atoms with Gasteiger partial charge in [0.05, 0.1) is 19.4 Å². The minimum Gasteiger partial charge on any atom is -0.481 e. The van der Waals surface area contributed by atoms with Gasteiger partial charge in [0, 0.05) is 17.1 Å². The van der Waals surface area contributed by atoms with E-state index in [0.29, 0.717) is 6.42 Å². The first-order valence-corrected chi connectivity index (χ1v) is 9.91. The lowest BCUT2D eigenvalue weighted by atomic mass is 9.81. The topological polar surface area (TPSA) is 79.4 Å². The molecule has 2 unspecified atom stereocenters. The number of hydrogen-bond acceptors (Lipinski definition) is 3. The van der Waals surface area contributed by atoms with E-state index in [9.17, 15) is 14.7 Å². The summed E-state index contributed by atoms with van der Waals surface area (Å²) in [6.07, 6.45) is 2.13. The lowest BCUT2D eigenvalue weighted by Crippen LogP contribution is -2.19. The van der Waals surface area contributed by atoms with Gasteiger partial charge in [-0.15, -0.1) is 0 Å². The average molecular weight is 401 g/mol. The first-order valence-electron chi connectivity index (χ1n) is 9.91. The Morgan fingerprint density at radius 1 is 0.933 bits per heavy atom. The Bertz CT molecular complexity index is 1200. The summed E-state index contributed by atoms with van der Waals surface area (Å²) in [5, 5.41) is 12.6. The number of carbonyl (C=O) groups excluding carboxylic acids is 1. The second-order valence-corrected chi connectivity index (χ2v) is 7.46. The molecule has 0 radical (unpaired) electrons. The number of carboxylic acid groups (broad SMARTS) is 1. The average Bonchev–Trinajstić information content (AvgIpc) is 3.20. The molecule has 0 saturated carbocycles. The highest BCUT2D eigenvalue weighted by Crippen LogP contribution is 2.38. The van der Waals surface area contributed by atoms with Crippen molar-refractivity contribution in [3.05, 3.63) is 84.1 Å². The Balaban J connectivity index is 1.80. The van der Waals surface area contributed by atoms with E-state index >= 15 is 0 Å². The monoisotopic (exact) mass is 401 g/mol. The highest BCUT2D eigenvalue weighted by Gasteiger charge is 2.30. The van der Waals surface area contributed by atoms with E-state index in [0.717, 1.165) is 32.8 Å². The van der Waals surface area contributed by atoms with Crippen molar-refractivity contribution < 1.29 is 19.4 Å². The van der Waals surface area contributed by atoms with Gasteiger partial charge in [0.1, 0.15) is 0 Å². The number of aliphatic carboxylic acids is 1. The number of aromatic amines is 1. The Kier molecular flexibility index (Phi) is 5.53. The number of nitrogens with one attached hydrogen (secondary N) is 1. The summed E-state index contributed by atoms with van der Waals surface area (Å²) in [5.41, 5.74) is 2.71. The van der Waals surface area contributed by atoms with Crippen LogP contribution in [-0.2, 0) is 14.3 Å². The molecular formula is C25H23NO4. The van der Waals surface area contributed by atoms with Gasteiger partial charge in [-0.05, 0) is 40.3 Å². The van der Waals surface area contributed by atoms with Crippen LogP contribution in [0.1, 0.15) is 35.8 Å². The van der Waals surface area contributed by atoms with Crippen molar-refractivity contribution in [1.29, 1.82) is 0 Å². The smallest absolute Gasteiger partial charge is 0.313 e. The minimum absolute atomic E-state index is 0.0693. The van der Waals surface area contributed by atoms with Crippen LogP contribution in [0.2, 0.25) is 0 Å². The number of rotatable bonds is 7. The fourth-order valence-electron chi connectivity index (χ4n) is 4.29. The van der Waals surface area contributed by atoms with Crippen LogP contribution in [-0.4, -0.2) is 29.1 Å². The number of para-hydroxylation sites is 1. The number of carbonyl (C=O) groups is 2. The third-order valence-electron chi connectivity index (χ3n) is 5.69. The van der Waals surface area contributed by atoms with Gasteiger partial charge < -0.3 is 14.8 Å². The van der Waals surface area contributed by atoms with Crippen LogP contribution in [0.15, 0.2) is 72.9 Å². The zero-order valence-corrected chi connectivity index (χ0v) is 16.7. The lowest BCUT2D eigenvalue weighted by molar-refractivity contribution is -0.143. The quantitative estimate of drug-likeness (QED) is 0.416. The van der Waals surface area contributed by atoms with Crippen molar-refractivity contribution in [3.8, 4) is 0 Å². The first-order chi connectivity index (χ1) is 14.6. The largest absolute Gasteiger partial charge is 0.481 e. The molecule has 0 aliphatic carbocycles. The molecule has 4 aromatic rings. The summed E-state index contributed by atoms with van der Waals surface area (Å²) in [4.78, 5) is 27.7. The van der Waals surface area contributed by atoms with Crippen LogP contribution in [0.5, 0.6) is 0 Å². The SMILES string of the molecule is COC(=O)C(CC(CC(=O)O)c1c[nH]c2ccccc12)c1cccc2ccccc12. The van der Waals surface area contributed by atoms with Gasteiger partial charge in [-0.1, -0.05) is 60.7 Å². The predicted molar refractivity (Wildman–Crippen MR) is 117 cm³/mol. The van der Waals surface area contributed by atoms with Gasteiger partial charge in [0.2, 0.25) is 0 Å². The zero-order valence-electron chi connectivity index (χ0n) is 16.7. The van der Waals surface area contributed by atoms with Crippen molar-refractivity contribution in [2.75, 3.05) is 7.11 Å². The first kappa shape index (κ1) is 19.7. The van der Waals surface area contributed by atoms with Crippen LogP contribution < -0.4 is 0 Å². The second kappa shape index (κ2) is 8.41. The Hall–Kier alpha value is -3.60. The zero-order chi connectivity index (χ0) is 21.1. The molecule has 2 N–H and O–H groups in total. The van der Waals surface area contributed by atoms with Crippen LogP contribution in [0.3, 0.4) is 0 Å². The molecule has 0 aliphatic rings. The number of fused-ring (bicyclic) bond motifs is 2. The summed E-state index contributed by atoms with van der Waals surface area (Å²) < 4.78 is 5.13. The third kappa shape index (κ3) is 3.79. The van der Waals surface area contributed by atoms with Crippen molar-refractivity contribution >= 4 is 33.6 Å². The van der Waals surface area contributed by atoms with Crippen molar-refractivity contribution in [1.82, 2.24) is 4.98 Å². The normalized spacial score (nSPS) is 13.2. The van der Waals surface area contributed by atoms with E-state index in [1.54, 1.807) is 0 Å². The van der Waals surface area contributed by atoms with E-state index in [1.165, 1.54) is 7.11 Å². The van der Waals surface area contributed by atoms with Gasteiger partial charge in [0.25, 0.3) is 0 Å². The van der Waals surface area contributed by atoms with Gasteiger partial charge >= 0.3 is 11.9 Å². The number of aromatic nitrogens is 1. The molecule has 1 aromatic heterocycles. The Labute approximate surface area is 174 Å². The number of H-pyrrole nitrogens is 1. The fraction of sp³-hybridized carbons (Fsp3) is 0.200. The van der Waals surface area contributed by atoms with Crippen molar-refractivity contribution in [3.63, 3.8) is 0 Å². The molecule has 0 spiro atoms. The predicted octanol–water partition coefficient (Wildman–Crippen LogP) is 5.23. The van der Waals surface area contributed by atoms with Gasteiger partial charge in [0.15, 0.2) is 0 Å². The third-order valence-corrected chi connectivity index (χ3v) is 5.69. The number of ether oxygens (including phenoxy) is 1. The fourth-order valence-corrected chi connectivity index (χ4v) is 4.29. The van der Waals surface area contributed by atoms with Gasteiger partial charge in [-0.25, -0.2) is 0 Å².